The van der Waals surface area contributed by atoms with E-state index in [0.29, 0.717) is 24.7 Å². The number of hydrogen-bond acceptors (Lipinski definition) is 6. The van der Waals surface area contributed by atoms with Crippen LogP contribution in [0.4, 0.5) is 5.69 Å². The Balaban J connectivity index is 1.72. The number of methoxy groups -OCH3 is 1. The number of carbonyl (C=O) groups excluding carboxylic acids is 2. The fraction of sp³-hybridized carbons (Fsp3) is 0.267. The number of rotatable bonds is 3. The fourth-order valence-corrected chi connectivity index (χ4v) is 2.37. The molecule has 0 saturated carbocycles. The van der Waals surface area contributed by atoms with Gasteiger partial charge in [-0.05, 0) is 6.07 Å². The first-order valence-corrected chi connectivity index (χ1v) is 7.05. The molecular weight excluding hydrogens is 298 g/mol. The number of amides is 2. The van der Waals surface area contributed by atoms with Crippen molar-refractivity contribution in [3.63, 3.8) is 0 Å². The Bertz CT molecular complexity index is 722. The summed E-state index contributed by atoms with van der Waals surface area (Å²) >= 11 is 0. The molecule has 0 aliphatic carbocycles. The lowest BCUT2D eigenvalue weighted by Crippen LogP contribution is -2.52. The second-order valence-electron chi connectivity index (χ2n) is 4.92. The van der Waals surface area contributed by atoms with Gasteiger partial charge in [0.25, 0.3) is 5.91 Å². The van der Waals surface area contributed by atoms with E-state index in [-0.39, 0.29) is 24.1 Å². The Morgan fingerprint density at radius 3 is 2.78 bits per heavy atom. The van der Waals surface area contributed by atoms with Crippen molar-refractivity contribution in [3.05, 3.63) is 42.6 Å². The maximum Gasteiger partial charge on any atom is 0.274 e. The highest BCUT2D eigenvalue weighted by molar-refractivity contribution is 6.00. The topological polar surface area (TPSA) is 88.5 Å². The van der Waals surface area contributed by atoms with Gasteiger partial charge in [-0.2, -0.15) is 0 Å². The second kappa shape index (κ2) is 6.39. The molecule has 0 radical (unpaired) electrons. The van der Waals surface area contributed by atoms with Crippen molar-refractivity contribution in [2.75, 3.05) is 31.6 Å². The van der Waals surface area contributed by atoms with Gasteiger partial charge in [-0.15, -0.1) is 0 Å². The SMILES string of the molecule is COc1cc(N2CCN(C(=O)c3cnccn3)CC2=O)ccn1. The summed E-state index contributed by atoms with van der Waals surface area (Å²) in [6.07, 6.45) is 5.93. The van der Waals surface area contributed by atoms with E-state index in [1.807, 2.05) is 0 Å². The van der Waals surface area contributed by atoms with Crippen LogP contribution < -0.4 is 9.64 Å². The zero-order valence-electron chi connectivity index (χ0n) is 12.5. The van der Waals surface area contributed by atoms with Crippen LogP contribution in [-0.4, -0.2) is 58.4 Å². The molecule has 8 nitrogen and oxygen atoms in total. The largest absolute Gasteiger partial charge is 0.481 e. The molecule has 3 heterocycles. The summed E-state index contributed by atoms with van der Waals surface area (Å²) in [5.41, 5.74) is 0.938. The Hall–Kier alpha value is -3.03. The third-order valence-electron chi connectivity index (χ3n) is 3.53. The minimum absolute atomic E-state index is 0.0000456. The van der Waals surface area contributed by atoms with Crippen LogP contribution in [0.15, 0.2) is 36.9 Å². The average Bonchev–Trinajstić information content (AvgIpc) is 2.61. The zero-order chi connectivity index (χ0) is 16.2. The Morgan fingerprint density at radius 2 is 2.09 bits per heavy atom. The van der Waals surface area contributed by atoms with Crippen LogP contribution in [0.25, 0.3) is 0 Å². The van der Waals surface area contributed by atoms with Gasteiger partial charge < -0.3 is 14.5 Å². The van der Waals surface area contributed by atoms with E-state index in [0.717, 1.165) is 0 Å². The first kappa shape index (κ1) is 14.9. The van der Waals surface area contributed by atoms with Gasteiger partial charge in [-0.3, -0.25) is 14.6 Å². The number of pyridine rings is 1. The van der Waals surface area contributed by atoms with Gasteiger partial charge in [0.05, 0.1) is 19.0 Å². The summed E-state index contributed by atoms with van der Waals surface area (Å²) in [6, 6.07) is 3.43. The lowest BCUT2D eigenvalue weighted by molar-refractivity contribution is -0.120. The molecule has 0 bridgehead atoms. The number of anilines is 1. The van der Waals surface area contributed by atoms with E-state index in [1.165, 1.54) is 30.6 Å². The summed E-state index contributed by atoms with van der Waals surface area (Å²) in [7, 11) is 1.52. The standard InChI is InChI=1S/C15H15N5O3/c1-23-13-8-11(2-3-18-13)20-7-6-19(10-14(20)21)15(22)12-9-16-4-5-17-12/h2-5,8-9H,6-7,10H2,1H3. The fourth-order valence-electron chi connectivity index (χ4n) is 2.37. The molecule has 23 heavy (non-hydrogen) atoms. The molecule has 1 aliphatic rings. The first-order valence-electron chi connectivity index (χ1n) is 7.05. The maximum atomic E-state index is 12.4. The molecule has 118 valence electrons. The Labute approximate surface area is 132 Å². The summed E-state index contributed by atoms with van der Waals surface area (Å²) < 4.78 is 5.07. The van der Waals surface area contributed by atoms with Crippen molar-refractivity contribution in [1.82, 2.24) is 19.9 Å². The van der Waals surface area contributed by atoms with Gasteiger partial charge in [0.2, 0.25) is 11.8 Å². The van der Waals surface area contributed by atoms with Crippen molar-refractivity contribution in [2.24, 2.45) is 0 Å². The van der Waals surface area contributed by atoms with E-state index in [4.69, 9.17) is 4.74 Å². The second-order valence-corrected chi connectivity index (χ2v) is 4.92. The van der Waals surface area contributed by atoms with Crippen molar-refractivity contribution in [3.8, 4) is 5.88 Å². The molecule has 0 atom stereocenters. The number of hydrogen-bond donors (Lipinski definition) is 0. The summed E-state index contributed by atoms with van der Waals surface area (Å²) in [6.45, 7) is 0.823. The molecule has 3 rings (SSSR count). The van der Waals surface area contributed by atoms with Crippen molar-refractivity contribution in [1.29, 1.82) is 0 Å². The Morgan fingerprint density at radius 1 is 1.22 bits per heavy atom. The van der Waals surface area contributed by atoms with Crippen molar-refractivity contribution in [2.45, 2.75) is 0 Å². The molecule has 0 N–H and O–H groups in total. The molecule has 8 heteroatoms. The van der Waals surface area contributed by atoms with E-state index in [9.17, 15) is 9.59 Å². The lowest BCUT2D eigenvalue weighted by atomic mass is 10.2. The van der Waals surface area contributed by atoms with Crippen LogP contribution in [0.3, 0.4) is 0 Å². The predicted octanol–water partition coefficient (Wildman–Crippen LogP) is 0.369. The summed E-state index contributed by atoms with van der Waals surface area (Å²) in [4.78, 5) is 39.6. The van der Waals surface area contributed by atoms with E-state index in [1.54, 1.807) is 23.2 Å². The number of ether oxygens (including phenoxy) is 1. The molecule has 1 saturated heterocycles. The predicted molar refractivity (Wildman–Crippen MR) is 81.1 cm³/mol. The van der Waals surface area contributed by atoms with Crippen LogP contribution in [0, 0.1) is 0 Å². The van der Waals surface area contributed by atoms with Gasteiger partial charge in [-0.25, -0.2) is 9.97 Å². The van der Waals surface area contributed by atoms with Crippen LogP contribution in [0.1, 0.15) is 10.5 Å². The monoisotopic (exact) mass is 313 g/mol. The van der Waals surface area contributed by atoms with Crippen molar-refractivity contribution < 1.29 is 14.3 Å². The highest BCUT2D eigenvalue weighted by Crippen LogP contribution is 2.21. The van der Waals surface area contributed by atoms with E-state index in [2.05, 4.69) is 15.0 Å². The lowest BCUT2D eigenvalue weighted by Gasteiger charge is -2.34. The zero-order valence-corrected chi connectivity index (χ0v) is 12.5. The Kier molecular flexibility index (Phi) is 4.13. The average molecular weight is 313 g/mol. The van der Waals surface area contributed by atoms with Gasteiger partial charge in [0.15, 0.2) is 0 Å². The number of nitrogens with zero attached hydrogens (tertiary/aromatic N) is 5. The van der Waals surface area contributed by atoms with E-state index >= 15 is 0 Å². The first-order chi connectivity index (χ1) is 11.2. The smallest absolute Gasteiger partial charge is 0.274 e. The highest BCUT2D eigenvalue weighted by atomic mass is 16.5. The van der Waals surface area contributed by atoms with Crippen LogP contribution in [0.5, 0.6) is 5.88 Å². The van der Waals surface area contributed by atoms with Gasteiger partial charge in [0.1, 0.15) is 12.2 Å². The van der Waals surface area contributed by atoms with Crippen molar-refractivity contribution >= 4 is 17.5 Å². The minimum atomic E-state index is -0.293. The number of piperazine rings is 1. The van der Waals surface area contributed by atoms with E-state index < -0.39 is 0 Å². The quantitative estimate of drug-likeness (QED) is 0.813. The number of carbonyl (C=O) groups is 2. The third-order valence-corrected chi connectivity index (χ3v) is 3.53. The van der Waals surface area contributed by atoms with Gasteiger partial charge in [-0.1, -0.05) is 0 Å². The number of aromatic nitrogens is 3. The molecule has 1 fully saturated rings. The van der Waals surface area contributed by atoms with Gasteiger partial charge >= 0.3 is 0 Å². The minimum Gasteiger partial charge on any atom is -0.481 e. The van der Waals surface area contributed by atoms with Crippen LogP contribution in [-0.2, 0) is 4.79 Å². The molecule has 1 aliphatic heterocycles. The summed E-state index contributed by atoms with van der Waals surface area (Å²) in [5, 5.41) is 0. The molecular formula is C15H15N5O3. The molecule has 0 unspecified atom stereocenters. The normalized spacial score (nSPS) is 14.7. The highest BCUT2D eigenvalue weighted by Gasteiger charge is 2.29. The van der Waals surface area contributed by atoms with Gasteiger partial charge in [0, 0.05) is 37.7 Å². The molecule has 0 spiro atoms. The molecule has 0 aromatic carbocycles. The van der Waals surface area contributed by atoms with Crippen LogP contribution in [0.2, 0.25) is 0 Å². The molecule has 2 amide bonds. The third kappa shape index (κ3) is 3.10. The molecule has 2 aromatic rings. The summed E-state index contributed by atoms with van der Waals surface area (Å²) in [5.74, 6) is -0.0199. The maximum absolute atomic E-state index is 12.4. The van der Waals surface area contributed by atoms with Crippen LogP contribution >= 0.6 is 0 Å². The molecule has 2 aromatic heterocycles.